The first kappa shape index (κ1) is 13.1. The maximum Gasteiger partial charge on any atom is 0.164 e. The van der Waals surface area contributed by atoms with Crippen LogP contribution >= 0.6 is 11.8 Å². The summed E-state index contributed by atoms with van der Waals surface area (Å²) in [6.07, 6.45) is -0.922. The first-order valence-corrected chi connectivity index (χ1v) is 7.81. The van der Waals surface area contributed by atoms with Crippen molar-refractivity contribution in [2.24, 2.45) is 0 Å². The van der Waals surface area contributed by atoms with Crippen LogP contribution in [0.5, 0.6) is 0 Å². The van der Waals surface area contributed by atoms with E-state index in [4.69, 9.17) is 0 Å². The van der Waals surface area contributed by atoms with Gasteiger partial charge in [-0.15, -0.1) is 11.8 Å². The summed E-state index contributed by atoms with van der Waals surface area (Å²) in [7, 11) is 0. The number of hydrogen-bond acceptors (Lipinski definition) is 3. The van der Waals surface area contributed by atoms with E-state index in [0.717, 1.165) is 34.5 Å². The molecule has 2 heterocycles. The van der Waals surface area contributed by atoms with Gasteiger partial charge in [0.1, 0.15) is 6.10 Å². The number of aliphatic hydroxyl groups excluding tert-OH is 1. The van der Waals surface area contributed by atoms with E-state index in [9.17, 15) is 13.9 Å². The van der Waals surface area contributed by atoms with E-state index in [0.29, 0.717) is 12.1 Å². The Morgan fingerprint density at radius 3 is 2.86 bits per heavy atom. The van der Waals surface area contributed by atoms with Gasteiger partial charge in [-0.3, -0.25) is 0 Å². The second kappa shape index (κ2) is 4.71. The SMILES string of the molecule is OC1c2ccc(F)c(F)c2CN2CCSc3cccc1c32. The highest BCUT2D eigenvalue weighted by atomic mass is 32.2. The zero-order valence-corrected chi connectivity index (χ0v) is 12.0. The van der Waals surface area contributed by atoms with E-state index in [1.807, 2.05) is 23.1 Å². The van der Waals surface area contributed by atoms with Crippen molar-refractivity contribution >= 4 is 17.4 Å². The minimum atomic E-state index is -0.922. The number of hydrogen-bond donors (Lipinski definition) is 1. The Labute approximate surface area is 125 Å². The summed E-state index contributed by atoms with van der Waals surface area (Å²) in [4.78, 5) is 3.13. The molecule has 108 valence electrons. The molecule has 2 aromatic rings. The molecule has 0 saturated carbocycles. The van der Waals surface area contributed by atoms with Gasteiger partial charge in [-0.1, -0.05) is 18.2 Å². The minimum absolute atomic E-state index is 0.261. The van der Waals surface area contributed by atoms with Crippen LogP contribution in [0.3, 0.4) is 0 Å². The third-order valence-electron chi connectivity index (χ3n) is 4.14. The van der Waals surface area contributed by atoms with E-state index in [2.05, 4.69) is 0 Å². The second-order valence-corrected chi connectivity index (χ2v) is 6.43. The number of fused-ring (bicyclic) bond motifs is 1. The third kappa shape index (κ3) is 1.88. The van der Waals surface area contributed by atoms with Crippen LogP contribution in [0.4, 0.5) is 14.5 Å². The molecule has 0 radical (unpaired) electrons. The molecule has 2 aliphatic rings. The number of nitrogens with zero attached hydrogens (tertiary/aromatic N) is 1. The summed E-state index contributed by atoms with van der Waals surface area (Å²) in [5.74, 6) is -0.809. The second-order valence-electron chi connectivity index (χ2n) is 5.30. The molecule has 0 amide bonds. The maximum absolute atomic E-state index is 14.2. The molecule has 2 aliphatic heterocycles. The molecule has 0 saturated heterocycles. The van der Waals surface area contributed by atoms with E-state index in [-0.39, 0.29) is 5.56 Å². The van der Waals surface area contributed by atoms with Crippen molar-refractivity contribution in [3.05, 3.63) is 58.7 Å². The van der Waals surface area contributed by atoms with Crippen molar-refractivity contribution in [2.75, 3.05) is 17.2 Å². The molecule has 0 spiro atoms. The summed E-state index contributed by atoms with van der Waals surface area (Å²) in [6, 6.07) is 8.35. The van der Waals surface area contributed by atoms with Gasteiger partial charge in [-0.2, -0.15) is 0 Å². The summed E-state index contributed by atoms with van der Waals surface area (Å²) in [6.45, 7) is 1.05. The van der Waals surface area contributed by atoms with Crippen molar-refractivity contribution in [1.29, 1.82) is 0 Å². The zero-order valence-electron chi connectivity index (χ0n) is 11.1. The van der Waals surface area contributed by atoms with Crippen LogP contribution in [-0.4, -0.2) is 17.4 Å². The number of thioether (sulfide) groups is 1. The number of halogens is 2. The normalized spacial score (nSPS) is 19.8. The molecule has 0 aliphatic carbocycles. The fourth-order valence-electron chi connectivity index (χ4n) is 3.13. The lowest BCUT2D eigenvalue weighted by Crippen LogP contribution is -2.29. The number of para-hydroxylation sites is 1. The standard InChI is InChI=1S/C16H13F2NOS/c17-12-5-4-9-11(14(12)18)8-19-6-7-21-13-3-1-2-10(15(13)19)16(9)20/h1-5,16,20H,6-8H2. The Balaban J connectivity index is 1.99. The molecule has 2 aromatic carbocycles. The first-order valence-electron chi connectivity index (χ1n) is 6.82. The lowest BCUT2D eigenvalue weighted by molar-refractivity contribution is 0.219. The van der Waals surface area contributed by atoms with Crippen LogP contribution in [0, 0.1) is 11.6 Å². The molecule has 2 nitrogen and oxygen atoms in total. The number of benzene rings is 2. The third-order valence-corrected chi connectivity index (χ3v) is 5.16. The summed E-state index contributed by atoms with van der Waals surface area (Å²) in [5.41, 5.74) is 2.44. The Kier molecular flexibility index (Phi) is 2.94. The fourth-order valence-corrected chi connectivity index (χ4v) is 4.22. The minimum Gasteiger partial charge on any atom is -0.384 e. The molecule has 0 aromatic heterocycles. The van der Waals surface area contributed by atoms with E-state index < -0.39 is 17.7 Å². The predicted molar refractivity (Wildman–Crippen MR) is 78.6 cm³/mol. The van der Waals surface area contributed by atoms with Gasteiger partial charge in [0.2, 0.25) is 0 Å². The number of anilines is 1. The van der Waals surface area contributed by atoms with E-state index >= 15 is 0 Å². The summed E-state index contributed by atoms with van der Waals surface area (Å²) in [5, 5.41) is 10.6. The highest BCUT2D eigenvalue weighted by Gasteiger charge is 2.31. The van der Waals surface area contributed by atoms with Gasteiger partial charge in [0, 0.05) is 34.9 Å². The smallest absolute Gasteiger partial charge is 0.164 e. The van der Waals surface area contributed by atoms with Crippen LogP contribution in [0.2, 0.25) is 0 Å². The molecular weight excluding hydrogens is 292 g/mol. The lowest BCUT2D eigenvalue weighted by Gasteiger charge is -2.31. The quantitative estimate of drug-likeness (QED) is 0.806. The molecule has 5 heteroatoms. The van der Waals surface area contributed by atoms with Crippen LogP contribution in [0.25, 0.3) is 0 Å². The first-order chi connectivity index (χ1) is 10.2. The van der Waals surface area contributed by atoms with Gasteiger partial charge in [-0.25, -0.2) is 8.78 Å². The highest BCUT2D eigenvalue weighted by Crippen LogP contribution is 2.45. The monoisotopic (exact) mass is 305 g/mol. The number of aliphatic hydroxyl groups is 1. The van der Waals surface area contributed by atoms with Crippen LogP contribution < -0.4 is 4.90 Å². The van der Waals surface area contributed by atoms with Crippen LogP contribution in [0.15, 0.2) is 35.2 Å². The molecule has 0 fully saturated rings. The Bertz CT molecular complexity index is 734. The van der Waals surface area contributed by atoms with Crippen molar-refractivity contribution in [1.82, 2.24) is 0 Å². The lowest BCUT2D eigenvalue weighted by atomic mass is 9.97. The number of rotatable bonds is 0. The summed E-state index contributed by atoms with van der Waals surface area (Å²) < 4.78 is 27.7. The molecule has 21 heavy (non-hydrogen) atoms. The van der Waals surface area contributed by atoms with Crippen molar-refractivity contribution in [3.63, 3.8) is 0 Å². The maximum atomic E-state index is 14.2. The molecule has 1 unspecified atom stereocenters. The van der Waals surface area contributed by atoms with Gasteiger partial charge in [-0.05, 0) is 17.7 Å². The van der Waals surface area contributed by atoms with Crippen molar-refractivity contribution in [3.8, 4) is 0 Å². The molecule has 4 rings (SSSR count). The van der Waals surface area contributed by atoms with Gasteiger partial charge in [0.05, 0.1) is 5.69 Å². The average molecular weight is 305 g/mol. The van der Waals surface area contributed by atoms with Gasteiger partial charge >= 0.3 is 0 Å². The zero-order chi connectivity index (χ0) is 14.6. The fraction of sp³-hybridized carbons (Fsp3) is 0.250. The Morgan fingerprint density at radius 2 is 2.00 bits per heavy atom. The topological polar surface area (TPSA) is 23.5 Å². The van der Waals surface area contributed by atoms with Crippen LogP contribution in [0.1, 0.15) is 22.8 Å². The van der Waals surface area contributed by atoms with E-state index in [1.165, 1.54) is 6.07 Å². The summed E-state index contributed by atoms with van der Waals surface area (Å²) >= 11 is 1.73. The highest BCUT2D eigenvalue weighted by molar-refractivity contribution is 7.99. The van der Waals surface area contributed by atoms with Crippen molar-refractivity contribution in [2.45, 2.75) is 17.5 Å². The van der Waals surface area contributed by atoms with Crippen molar-refractivity contribution < 1.29 is 13.9 Å². The van der Waals surface area contributed by atoms with Crippen LogP contribution in [-0.2, 0) is 6.54 Å². The molecule has 1 atom stereocenters. The van der Waals surface area contributed by atoms with Gasteiger partial charge in [0.15, 0.2) is 11.6 Å². The Hall–Kier alpha value is -1.59. The van der Waals surface area contributed by atoms with Gasteiger partial charge < -0.3 is 10.0 Å². The predicted octanol–water partition coefficient (Wildman–Crippen LogP) is 3.47. The molecule has 1 N–H and O–H groups in total. The van der Waals surface area contributed by atoms with Gasteiger partial charge in [0.25, 0.3) is 0 Å². The molecule has 0 bridgehead atoms. The van der Waals surface area contributed by atoms with E-state index in [1.54, 1.807) is 11.8 Å². The largest absolute Gasteiger partial charge is 0.384 e. The molecular formula is C16H13F2NOS. The Morgan fingerprint density at radius 1 is 1.14 bits per heavy atom. The average Bonchev–Trinajstić information content (AvgIpc) is 2.62.